The molecule has 0 fully saturated rings. The zero-order chi connectivity index (χ0) is 18.4. The molecule has 1 amide bonds. The van der Waals surface area contributed by atoms with Gasteiger partial charge in [-0.2, -0.15) is 0 Å². The molecule has 1 heterocycles. The van der Waals surface area contributed by atoms with Gasteiger partial charge in [-0.15, -0.1) is 10.2 Å². The number of aromatic nitrogens is 2. The Morgan fingerprint density at radius 2 is 2.00 bits per heavy atom. The first-order valence-corrected chi connectivity index (χ1v) is 9.05. The first-order valence-electron chi connectivity index (χ1n) is 8.07. The van der Waals surface area contributed by atoms with Gasteiger partial charge in [-0.05, 0) is 42.3 Å². The van der Waals surface area contributed by atoms with Gasteiger partial charge in [-0.25, -0.2) is 0 Å². The van der Waals surface area contributed by atoms with Gasteiger partial charge < -0.3 is 14.5 Å². The summed E-state index contributed by atoms with van der Waals surface area (Å²) in [7, 11) is 1.63. The SMILES string of the molecule is COc1ccc(Cc2nnc(SCC(=O)Nc3cccc(C)c3)o2)cc1. The van der Waals surface area contributed by atoms with Crippen LogP contribution in [0.1, 0.15) is 17.0 Å². The Bertz CT molecular complexity index is 878. The van der Waals surface area contributed by atoms with Crippen molar-refractivity contribution in [3.05, 3.63) is 65.5 Å². The largest absolute Gasteiger partial charge is 0.497 e. The van der Waals surface area contributed by atoms with Crippen molar-refractivity contribution in [3.63, 3.8) is 0 Å². The lowest BCUT2D eigenvalue weighted by atomic mass is 10.1. The predicted molar refractivity (Wildman–Crippen MR) is 101 cm³/mol. The third kappa shape index (κ3) is 5.10. The maximum absolute atomic E-state index is 12.0. The first kappa shape index (κ1) is 18.0. The van der Waals surface area contributed by atoms with Crippen LogP contribution in [0.2, 0.25) is 0 Å². The molecule has 26 heavy (non-hydrogen) atoms. The van der Waals surface area contributed by atoms with E-state index in [1.54, 1.807) is 7.11 Å². The number of carbonyl (C=O) groups is 1. The molecule has 0 atom stereocenters. The molecule has 7 heteroatoms. The molecule has 0 radical (unpaired) electrons. The topological polar surface area (TPSA) is 77.2 Å². The Labute approximate surface area is 156 Å². The average molecular weight is 369 g/mol. The van der Waals surface area contributed by atoms with Crippen LogP contribution in [0.4, 0.5) is 5.69 Å². The van der Waals surface area contributed by atoms with E-state index in [4.69, 9.17) is 9.15 Å². The minimum absolute atomic E-state index is 0.115. The number of nitrogens with zero attached hydrogens (tertiary/aromatic N) is 2. The highest BCUT2D eigenvalue weighted by atomic mass is 32.2. The van der Waals surface area contributed by atoms with Crippen LogP contribution < -0.4 is 10.1 Å². The molecular weight excluding hydrogens is 350 g/mol. The molecule has 3 rings (SSSR count). The smallest absolute Gasteiger partial charge is 0.277 e. The summed E-state index contributed by atoms with van der Waals surface area (Å²) in [5, 5.41) is 11.2. The zero-order valence-electron chi connectivity index (χ0n) is 14.6. The van der Waals surface area contributed by atoms with Crippen molar-refractivity contribution >= 4 is 23.4 Å². The monoisotopic (exact) mass is 369 g/mol. The van der Waals surface area contributed by atoms with E-state index in [1.165, 1.54) is 11.8 Å². The van der Waals surface area contributed by atoms with Gasteiger partial charge in [0.25, 0.3) is 5.22 Å². The van der Waals surface area contributed by atoms with E-state index in [0.717, 1.165) is 22.6 Å². The number of benzene rings is 2. The van der Waals surface area contributed by atoms with Crippen molar-refractivity contribution in [1.29, 1.82) is 0 Å². The quantitative estimate of drug-likeness (QED) is 0.640. The van der Waals surface area contributed by atoms with Crippen LogP contribution in [-0.2, 0) is 11.2 Å². The summed E-state index contributed by atoms with van der Waals surface area (Å²) in [6.07, 6.45) is 0.535. The Balaban J connectivity index is 1.50. The highest BCUT2D eigenvalue weighted by molar-refractivity contribution is 7.99. The van der Waals surface area contributed by atoms with Crippen molar-refractivity contribution in [2.24, 2.45) is 0 Å². The molecule has 2 aromatic carbocycles. The van der Waals surface area contributed by atoms with Gasteiger partial charge in [0, 0.05) is 5.69 Å². The van der Waals surface area contributed by atoms with Crippen LogP contribution >= 0.6 is 11.8 Å². The number of nitrogens with one attached hydrogen (secondary N) is 1. The normalized spacial score (nSPS) is 10.5. The minimum Gasteiger partial charge on any atom is -0.497 e. The van der Waals surface area contributed by atoms with Crippen LogP contribution in [0.5, 0.6) is 5.75 Å². The van der Waals surface area contributed by atoms with Crippen molar-refractivity contribution in [2.75, 3.05) is 18.2 Å². The molecule has 0 saturated heterocycles. The Morgan fingerprint density at radius 1 is 1.19 bits per heavy atom. The average Bonchev–Trinajstić information content (AvgIpc) is 3.08. The summed E-state index contributed by atoms with van der Waals surface area (Å²) in [6.45, 7) is 1.98. The van der Waals surface area contributed by atoms with E-state index in [1.807, 2.05) is 55.5 Å². The minimum atomic E-state index is -0.115. The predicted octanol–water partition coefficient (Wildman–Crippen LogP) is 3.71. The van der Waals surface area contributed by atoms with E-state index in [2.05, 4.69) is 15.5 Å². The number of methoxy groups -OCH3 is 1. The molecule has 0 unspecified atom stereocenters. The standard InChI is InChI=1S/C19H19N3O3S/c1-13-4-3-5-15(10-13)20-17(23)12-26-19-22-21-18(25-19)11-14-6-8-16(24-2)9-7-14/h3-10H,11-12H2,1-2H3,(H,20,23). The molecule has 0 aliphatic heterocycles. The molecule has 0 aliphatic carbocycles. The van der Waals surface area contributed by atoms with Gasteiger partial charge in [-0.3, -0.25) is 4.79 Å². The summed E-state index contributed by atoms with van der Waals surface area (Å²) in [5.41, 5.74) is 2.92. The number of ether oxygens (including phenoxy) is 1. The van der Waals surface area contributed by atoms with Gasteiger partial charge in [0.15, 0.2) is 0 Å². The molecule has 0 bridgehead atoms. The molecule has 0 spiro atoms. The third-order valence-corrected chi connectivity index (χ3v) is 4.41. The summed E-state index contributed by atoms with van der Waals surface area (Å²) < 4.78 is 10.7. The summed E-state index contributed by atoms with van der Waals surface area (Å²) in [4.78, 5) is 12.0. The van der Waals surface area contributed by atoms with Crippen LogP contribution in [-0.4, -0.2) is 29.0 Å². The Morgan fingerprint density at radius 3 is 2.73 bits per heavy atom. The first-order chi connectivity index (χ1) is 12.6. The lowest BCUT2D eigenvalue weighted by Crippen LogP contribution is -2.13. The van der Waals surface area contributed by atoms with Crippen LogP contribution in [0.15, 0.2) is 58.2 Å². The maximum Gasteiger partial charge on any atom is 0.277 e. The van der Waals surface area contributed by atoms with Crippen molar-refractivity contribution in [2.45, 2.75) is 18.6 Å². The van der Waals surface area contributed by atoms with Gasteiger partial charge in [0.05, 0.1) is 19.3 Å². The van der Waals surface area contributed by atoms with Gasteiger partial charge in [-0.1, -0.05) is 36.0 Å². The number of hydrogen-bond acceptors (Lipinski definition) is 6. The highest BCUT2D eigenvalue weighted by Crippen LogP contribution is 2.19. The van der Waals surface area contributed by atoms with Gasteiger partial charge in [0.1, 0.15) is 5.75 Å². The second kappa shape index (κ2) is 8.53. The van der Waals surface area contributed by atoms with Crippen molar-refractivity contribution in [3.8, 4) is 5.75 Å². The number of thioether (sulfide) groups is 1. The third-order valence-electron chi connectivity index (χ3n) is 3.59. The van der Waals surface area contributed by atoms with Crippen LogP contribution in [0, 0.1) is 6.92 Å². The van der Waals surface area contributed by atoms with Crippen LogP contribution in [0.3, 0.4) is 0 Å². The van der Waals surface area contributed by atoms with E-state index < -0.39 is 0 Å². The molecule has 1 N–H and O–H groups in total. The second-order valence-corrected chi connectivity index (χ2v) is 6.62. The number of amides is 1. The molecule has 6 nitrogen and oxygen atoms in total. The molecule has 1 aromatic heterocycles. The lowest BCUT2D eigenvalue weighted by molar-refractivity contribution is -0.113. The summed E-state index contributed by atoms with van der Waals surface area (Å²) in [6, 6.07) is 15.3. The van der Waals surface area contributed by atoms with E-state index in [-0.39, 0.29) is 11.7 Å². The molecule has 3 aromatic rings. The summed E-state index contributed by atoms with van der Waals surface area (Å²) >= 11 is 1.22. The molecule has 0 saturated carbocycles. The van der Waals surface area contributed by atoms with E-state index in [9.17, 15) is 4.79 Å². The van der Waals surface area contributed by atoms with Crippen molar-refractivity contribution < 1.29 is 13.9 Å². The fourth-order valence-electron chi connectivity index (χ4n) is 2.33. The fourth-order valence-corrected chi connectivity index (χ4v) is 2.91. The summed E-state index contributed by atoms with van der Waals surface area (Å²) in [5.74, 6) is 1.40. The number of anilines is 1. The molecule has 134 valence electrons. The van der Waals surface area contributed by atoms with Gasteiger partial charge >= 0.3 is 0 Å². The van der Waals surface area contributed by atoms with E-state index >= 15 is 0 Å². The Kier molecular flexibility index (Phi) is 5.91. The Hall–Kier alpha value is -2.80. The molecular formula is C19H19N3O3S. The second-order valence-electron chi connectivity index (χ2n) is 5.69. The number of hydrogen-bond donors (Lipinski definition) is 1. The highest BCUT2D eigenvalue weighted by Gasteiger charge is 2.11. The maximum atomic E-state index is 12.0. The molecule has 0 aliphatic rings. The lowest BCUT2D eigenvalue weighted by Gasteiger charge is -2.04. The number of carbonyl (C=O) groups excluding carboxylic acids is 1. The van der Waals surface area contributed by atoms with E-state index in [0.29, 0.717) is 17.5 Å². The number of aryl methyl sites for hydroxylation is 1. The zero-order valence-corrected chi connectivity index (χ0v) is 15.4. The van der Waals surface area contributed by atoms with Crippen molar-refractivity contribution in [1.82, 2.24) is 10.2 Å². The van der Waals surface area contributed by atoms with Crippen LogP contribution in [0.25, 0.3) is 0 Å². The number of rotatable bonds is 7. The fraction of sp³-hybridized carbons (Fsp3) is 0.211. The van der Waals surface area contributed by atoms with Gasteiger partial charge in [0.2, 0.25) is 11.8 Å².